The zero-order valence-corrected chi connectivity index (χ0v) is 16.7. The van der Waals surface area contributed by atoms with Gasteiger partial charge in [-0.15, -0.1) is 0 Å². The fourth-order valence-corrected chi connectivity index (χ4v) is 3.39. The summed E-state index contributed by atoms with van der Waals surface area (Å²) < 4.78 is 10.6. The number of aromatic amines is 1. The summed E-state index contributed by atoms with van der Waals surface area (Å²) >= 11 is 0. The first-order valence-corrected chi connectivity index (χ1v) is 9.44. The normalized spacial score (nSPS) is 13.9. The number of rotatable bonds is 5. The topological polar surface area (TPSA) is 101 Å². The second-order valence-corrected chi connectivity index (χ2v) is 6.71. The summed E-state index contributed by atoms with van der Waals surface area (Å²) in [7, 11) is 3.14. The van der Waals surface area contributed by atoms with Crippen LogP contribution < -0.4 is 9.47 Å². The zero-order valence-electron chi connectivity index (χ0n) is 16.7. The largest absolute Gasteiger partial charge is 0.497 e. The highest BCUT2D eigenvalue weighted by atomic mass is 16.5. The second-order valence-electron chi connectivity index (χ2n) is 6.71. The lowest BCUT2D eigenvalue weighted by Crippen LogP contribution is -2.44. The highest BCUT2D eigenvalue weighted by Gasteiger charge is 2.30. The van der Waals surface area contributed by atoms with Crippen LogP contribution in [0.25, 0.3) is 17.1 Å². The monoisotopic (exact) mass is 407 g/mol. The lowest BCUT2D eigenvalue weighted by molar-refractivity contribution is -0.134. The maximum absolute atomic E-state index is 13.0. The van der Waals surface area contributed by atoms with Gasteiger partial charge in [-0.25, -0.2) is 10.0 Å². The molecule has 9 nitrogen and oxygen atoms in total. The number of benzene rings is 2. The van der Waals surface area contributed by atoms with Crippen LogP contribution in [0.3, 0.4) is 0 Å². The fraction of sp³-hybridized carbons (Fsp3) is 0.238. The fourth-order valence-electron chi connectivity index (χ4n) is 3.39. The molecule has 0 saturated carbocycles. The van der Waals surface area contributed by atoms with Gasteiger partial charge in [0.1, 0.15) is 22.5 Å². The third-order valence-electron chi connectivity index (χ3n) is 4.93. The van der Waals surface area contributed by atoms with Gasteiger partial charge in [0.15, 0.2) is 0 Å². The molecule has 1 N–H and O–H groups in total. The molecule has 1 aromatic heterocycles. The smallest absolute Gasteiger partial charge is 0.272 e. The lowest BCUT2D eigenvalue weighted by atomic mass is 10.1. The first kappa shape index (κ1) is 19.4. The van der Waals surface area contributed by atoms with Crippen LogP contribution in [-0.4, -0.2) is 64.6 Å². The Morgan fingerprint density at radius 3 is 2.60 bits per heavy atom. The molecule has 0 spiro atoms. The van der Waals surface area contributed by atoms with Crippen LogP contribution in [0.1, 0.15) is 22.3 Å². The maximum atomic E-state index is 13.0. The van der Waals surface area contributed by atoms with E-state index >= 15 is 0 Å². The van der Waals surface area contributed by atoms with Gasteiger partial charge in [-0.2, -0.15) is 15.4 Å². The summed E-state index contributed by atoms with van der Waals surface area (Å²) in [4.78, 5) is 25.8. The van der Waals surface area contributed by atoms with E-state index in [9.17, 15) is 9.59 Å². The number of carbonyl (C=O) groups is 2. The molecule has 1 aliphatic heterocycles. The van der Waals surface area contributed by atoms with Crippen LogP contribution in [0.4, 0.5) is 0 Å². The first-order chi connectivity index (χ1) is 14.6. The van der Waals surface area contributed by atoms with Crippen molar-refractivity contribution in [3.63, 3.8) is 0 Å². The molecule has 0 atom stereocenters. The lowest BCUT2D eigenvalue weighted by Gasteiger charge is -2.27. The molecule has 4 rings (SSSR count). The summed E-state index contributed by atoms with van der Waals surface area (Å²) in [5.74, 6) is 0.741. The van der Waals surface area contributed by atoms with E-state index in [1.54, 1.807) is 56.7 Å². The highest BCUT2D eigenvalue weighted by Crippen LogP contribution is 2.25. The Bertz CT molecular complexity index is 1120. The molecule has 30 heavy (non-hydrogen) atoms. The quantitative estimate of drug-likeness (QED) is 0.651. The van der Waals surface area contributed by atoms with Crippen molar-refractivity contribution in [2.24, 2.45) is 0 Å². The number of hydrogen-bond acceptors (Lipinski definition) is 6. The van der Waals surface area contributed by atoms with Crippen molar-refractivity contribution in [3.05, 3.63) is 53.6 Å². The number of amides is 2. The van der Waals surface area contributed by atoms with Gasteiger partial charge in [-0.05, 0) is 48.9 Å². The number of nitrogens with zero attached hydrogens (tertiary/aromatic N) is 4. The number of fused-ring (bicyclic) bond motifs is 1. The summed E-state index contributed by atoms with van der Waals surface area (Å²) in [6.07, 6.45) is 3.80. The molecule has 1 fully saturated rings. The van der Waals surface area contributed by atoms with Crippen LogP contribution >= 0.6 is 0 Å². The van der Waals surface area contributed by atoms with Crippen molar-refractivity contribution in [1.29, 1.82) is 0 Å². The van der Waals surface area contributed by atoms with Crippen molar-refractivity contribution >= 4 is 28.9 Å². The Morgan fingerprint density at radius 2 is 1.80 bits per heavy atom. The SMILES string of the molecule is COc1ccc(OC)c(/C=C/C(=O)N2CCCN2C(=O)c2ccc3n[nH]nc3c2)c1. The maximum Gasteiger partial charge on any atom is 0.272 e. The number of nitrogens with one attached hydrogen (secondary N) is 1. The van der Waals surface area contributed by atoms with Crippen LogP contribution in [0.15, 0.2) is 42.5 Å². The first-order valence-electron chi connectivity index (χ1n) is 9.44. The number of carbonyl (C=O) groups excluding carboxylic acids is 2. The van der Waals surface area contributed by atoms with Crippen molar-refractivity contribution in [2.45, 2.75) is 6.42 Å². The Labute approximate surface area is 172 Å². The van der Waals surface area contributed by atoms with E-state index in [0.717, 1.165) is 0 Å². The average molecular weight is 407 g/mol. The molecule has 0 radical (unpaired) electrons. The standard InChI is InChI=1S/C21H21N5O4/c1-29-16-6-8-19(30-2)14(12-16)5-9-20(27)25-10-3-11-26(25)21(28)15-4-7-17-18(13-15)23-24-22-17/h4-9,12-13H,3,10-11H2,1-2H3,(H,22,23,24)/b9-5+. The molecule has 0 aliphatic carbocycles. The number of methoxy groups -OCH3 is 2. The van der Waals surface area contributed by atoms with Gasteiger partial charge in [0.2, 0.25) is 0 Å². The van der Waals surface area contributed by atoms with Gasteiger partial charge in [-0.3, -0.25) is 9.59 Å². The summed E-state index contributed by atoms with van der Waals surface area (Å²) in [6.45, 7) is 0.939. The van der Waals surface area contributed by atoms with Crippen LogP contribution in [-0.2, 0) is 4.79 Å². The van der Waals surface area contributed by atoms with Gasteiger partial charge < -0.3 is 9.47 Å². The van der Waals surface area contributed by atoms with E-state index in [4.69, 9.17) is 9.47 Å². The van der Waals surface area contributed by atoms with Gasteiger partial charge in [0.05, 0.1) is 14.2 Å². The van der Waals surface area contributed by atoms with Gasteiger partial charge in [-0.1, -0.05) is 0 Å². The molecule has 1 saturated heterocycles. The molecule has 2 heterocycles. The molecule has 1 aliphatic rings. The highest BCUT2D eigenvalue weighted by molar-refractivity contribution is 6.00. The molecule has 9 heteroatoms. The number of H-pyrrole nitrogens is 1. The minimum atomic E-state index is -0.284. The summed E-state index contributed by atoms with van der Waals surface area (Å²) in [6, 6.07) is 10.4. The van der Waals surface area contributed by atoms with Crippen LogP contribution in [0.2, 0.25) is 0 Å². The average Bonchev–Trinajstić information content (AvgIpc) is 3.45. The van der Waals surface area contributed by atoms with E-state index in [0.29, 0.717) is 53.2 Å². The Kier molecular flexibility index (Phi) is 5.34. The third kappa shape index (κ3) is 3.69. The number of hydrogen-bond donors (Lipinski definition) is 1. The van der Waals surface area contributed by atoms with E-state index in [2.05, 4.69) is 15.4 Å². The minimum absolute atomic E-state index is 0.252. The van der Waals surface area contributed by atoms with Crippen molar-refractivity contribution < 1.29 is 19.1 Å². The molecule has 2 aromatic carbocycles. The summed E-state index contributed by atoms with van der Waals surface area (Å²) in [5, 5.41) is 13.5. The van der Waals surface area contributed by atoms with E-state index in [-0.39, 0.29) is 11.8 Å². The molecule has 0 bridgehead atoms. The molecule has 154 valence electrons. The molecular formula is C21H21N5O4. The van der Waals surface area contributed by atoms with E-state index in [1.807, 2.05) is 0 Å². The van der Waals surface area contributed by atoms with E-state index in [1.165, 1.54) is 16.1 Å². The minimum Gasteiger partial charge on any atom is -0.497 e. The van der Waals surface area contributed by atoms with Crippen LogP contribution in [0.5, 0.6) is 11.5 Å². The summed E-state index contributed by atoms with van der Waals surface area (Å²) in [5.41, 5.74) is 2.44. The molecule has 3 aromatic rings. The van der Waals surface area contributed by atoms with Crippen molar-refractivity contribution in [2.75, 3.05) is 27.3 Å². The molecule has 0 unspecified atom stereocenters. The predicted octanol–water partition coefficient (Wildman–Crippen LogP) is 2.28. The second kappa shape index (κ2) is 8.24. The predicted molar refractivity (Wildman–Crippen MR) is 110 cm³/mol. The van der Waals surface area contributed by atoms with Crippen LogP contribution in [0, 0.1) is 0 Å². The Balaban J connectivity index is 1.53. The number of ether oxygens (including phenoxy) is 2. The van der Waals surface area contributed by atoms with Gasteiger partial charge >= 0.3 is 0 Å². The zero-order chi connectivity index (χ0) is 21.1. The van der Waals surface area contributed by atoms with Crippen molar-refractivity contribution in [3.8, 4) is 11.5 Å². The third-order valence-corrected chi connectivity index (χ3v) is 4.93. The number of aromatic nitrogens is 3. The van der Waals surface area contributed by atoms with Crippen molar-refractivity contribution in [1.82, 2.24) is 25.4 Å². The Morgan fingerprint density at radius 1 is 1.00 bits per heavy atom. The van der Waals surface area contributed by atoms with Gasteiger partial charge in [0, 0.05) is 30.3 Å². The molecular weight excluding hydrogens is 386 g/mol. The van der Waals surface area contributed by atoms with Gasteiger partial charge in [0.25, 0.3) is 11.8 Å². The molecule has 2 amide bonds. The Hall–Kier alpha value is -3.88. The van der Waals surface area contributed by atoms with E-state index < -0.39 is 0 Å². The number of hydrazine groups is 1.